The van der Waals surface area contributed by atoms with Gasteiger partial charge in [0.05, 0.1) is 7.11 Å². The summed E-state index contributed by atoms with van der Waals surface area (Å²) in [5.74, 6) is 1.79. The number of benzene rings is 1. The highest BCUT2D eigenvalue weighted by Gasteiger charge is 2.11. The maximum atomic E-state index is 5.99. The van der Waals surface area contributed by atoms with Crippen LogP contribution in [0, 0.1) is 0 Å². The summed E-state index contributed by atoms with van der Waals surface area (Å²) in [6.07, 6.45) is 4.81. The van der Waals surface area contributed by atoms with Gasteiger partial charge in [-0.25, -0.2) is 0 Å². The second-order valence-corrected chi connectivity index (χ2v) is 5.91. The molecule has 1 aliphatic heterocycles. The molecule has 2 N–H and O–H groups in total. The summed E-state index contributed by atoms with van der Waals surface area (Å²) >= 11 is 0. The molecule has 4 heteroatoms. The van der Waals surface area contributed by atoms with Gasteiger partial charge in [0.1, 0.15) is 18.1 Å². The van der Waals surface area contributed by atoms with Crippen molar-refractivity contribution in [2.45, 2.75) is 38.6 Å². The first-order valence-electron chi connectivity index (χ1n) is 7.96. The number of hydrogen-bond donors (Lipinski definition) is 1. The standard InChI is InChI=1S/C17H28N2O2/c1-14(18)12-15-13-16(20-2)6-7-17(15)21-11-10-19-8-4-3-5-9-19/h6-7,13-14H,3-5,8-12,18H2,1-2H3. The number of hydrogen-bond acceptors (Lipinski definition) is 4. The lowest BCUT2D eigenvalue weighted by Crippen LogP contribution is -2.33. The van der Waals surface area contributed by atoms with Crippen LogP contribution in [0.5, 0.6) is 11.5 Å². The fraction of sp³-hybridized carbons (Fsp3) is 0.647. The van der Waals surface area contributed by atoms with E-state index >= 15 is 0 Å². The minimum atomic E-state index is 0.113. The van der Waals surface area contributed by atoms with Crippen molar-refractivity contribution < 1.29 is 9.47 Å². The van der Waals surface area contributed by atoms with Crippen LogP contribution in [-0.2, 0) is 6.42 Å². The Morgan fingerprint density at radius 2 is 2.00 bits per heavy atom. The third-order valence-electron chi connectivity index (χ3n) is 3.92. The minimum Gasteiger partial charge on any atom is -0.497 e. The van der Waals surface area contributed by atoms with Crippen LogP contribution in [0.4, 0.5) is 0 Å². The smallest absolute Gasteiger partial charge is 0.122 e. The Hall–Kier alpha value is -1.26. The molecule has 0 amide bonds. The van der Waals surface area contributed by atoms with E-state index in [4.69, 9.17) is 15.2 Å². The fourth-order valence-corrected chi connectivity index (χ4v) is 2.80. The summed E-state index contributed by atoms with van der Waals surface area (Å²) < 4.78 is 11.3. The van der Waals surface area contributed by atoms with Crippen LogP contribution in [0.3, 0.4) is 0 Å². The summed E-state index contributed by atoms with van der Waals surface area (Å²) in [5.41, 5.74) is 7.05. The van der Waals surface area contributed by atoms with Gasteiger partial charge in [0, 0.05) is 12.6 Å². The molecule has 0 spiro atoms. The zero-order valence-corrected chi connectivity index (χ0v) is 13.3. The lowest BCUT2D eigenvalue weighted by atomic mass is 10.1. The van der Waals surface area contributed by atoms with E-state index in [9.17, 15) is 0 Å². The lowest BCUT2D eigenvalue weighted by Gasteiger charge is -2.26. The van der Waals surface area contributed by atoms with Crippen LogP contribution in [0.25, 0.3) is 0 Å². The molecular formula is C17H28N2O2. The number of methoxy groups -OCH3 is 1. The van der Waals surface area contributed by atoms with Crippen molar-refractivity contribution in [1.82, 2.24) is 4.90 Å². The van der Waals surface area contributed by atoms with E-state index in [1.54, 1.807) is 7.11 Å². The Bertz CT molecular complexity index is 429. The molecule has 1 heterocycles. The molecule has 0 aliphatic carbocycles. The maximum Gasteiger partial charge on any atom is 0.122 e. The molecule has 4 nitrogen and oxygen atoms in total. The Kier molecular flexibility index (Phi) is 6.33. The molecule has 1 aromatic rings. The van der Waals surface area contributed by atoms with Crippen LogP contribution in [0.1, 0.15) is 31.7 Å². The molecule has 1 aliphatic rings. The van der Waals surface area contributed by atoms with E-state index in [-0.39, 0.29) is 6.04 Å². The van der Waals surface area contributed by atoms with Crippen molar-refractivity contribution >= 4 is 0 Å². The van der Waals surface area contributed by atoms with Crippen molar-refractivity contribution in [3.63, 3.8) is 0 Å². The highest BCUT2D eigenvalue weighted by atomic mass is 16.5. The van der Waals surface area contributed by atoms with Gasteiger partial charge in [-0.05, 0) is 63.0 Å². The predicted octanol–water partition coefficient (Wildman–Crippen LogP) is 2.45. The third-order valence-corrected chi connectivity index (χ3v) is 3.92. The van der Waals surface area contributed by atoms with Crippen LogP contribution >= 0.6 is 0 Å². The first-order chi connectivity index (χ1) is 10.2. The van der Waals surface area contributed by atoms with Gasteiger partial charge in [0.25, 0.3) is 0 Å². The molecule has 1 aromatic carbocycles. The highest BCUT2D eigenvalue weighted by Crippen LogP contribution is 2.25. The molecule has 0 aromatic heterocycles. The van der Waals surface area contributed by atoms with Crippen LogP contribution in [-0.4, -0.2) is 44.3 Å². The third kappa shape index (κ3) is 5.21. The SMILES string of the molecule is COc1ccc(OCCN2CCCCC2)c(CC(C)N)c1. The lowest BCUT2D eigenvalue weighted by molar-refractivity contribution is 0.182. The van der Waals surface area contributed by atoms with Crippen LogP contribution in [0.2, 0.25) is 0 Å². The first kappa shape index (κ1) is 16.1. The molecule has 1 unspecified atom stereocenters. The van der Waals surface area contributed by atoms with E-state index in [1.807, 2.05) is 25.1 Å². The second-order valence-electron chi connectivity index (χ2n) is 5.91. The van der Waals surface area contributed by atoms with Gasteiger partial charge < -0.3 is 15.2 Å². The number of likely N-dealkylation sites (tertiary alicyclic amines) is 1. The molecule has 1 atom stereocenters. The molecule has 0 bridgehead atoms. The molecule has 21 heavy (non-hydrogen) atoms. The summed E-state index contributed by atoms with van der Waals surface area (Å²) in [7, 11) is 1.68. The van der Waals surface area contributed by atoms with Gasteiger partial charge in [0.2, 0.25) is 0 Å². The fourth-order valence-electron chi connectivity index (χ4n) is 2.80. The molecule has 118 valence electrons. The Balaban J connectivity index is 1.91. The maximum absolute atomic E-state index is 5.99. The van der Waals surface area contributed by atoms with Crippen molar-refractivity contribution in [1.29, 1.82) is 0 Å². The quantitative estimate of drug-likeness (QED) is 0.838. The normalized spacial score (nSPS) is 17.5. The van der Waals surface area contributed by atoms with Crippen LogP contribution in [0.15, 0.2) is 18.2 Å². The van der Waals surface area contributed by atoms with Crippen LogP contribution < -0.4 is 15.2 Å². The van der Waals surface area contributed by atoms with Crippen molar-refractivity contribution in [2.75, 3.05) is 33.4 Å². The van der Waals surface area contributed by atoms with Gasteiger partial charge in [-0.15, -0.1) is 0 Å². The number of ether oxygens (including phenoxy) is 2. The minimum absolute atomic E-state index is 0.113. The molecular weight excluding hydrogens is 264 g/mol. The Morgan fingerprint density at radius 3 is 2.67 bits per heavy atom. The largest absolute Gasteiger partial charge is 0.497 e. The van der Waals surface area contributed by atoms with E-state index < -0.39 is 0 Å². The monoisotopic (exact) mass is 292 g/mol. The Morgan fingerprint density at radius 1 is 1.24 bits per heavy atom. The topological polar surface area (TPSA) is 47.7 Å². The number of nitrogens with zero attached hydrogens (tertiary/aromatic N) is 1. The average Bonchev–Trinajstić information content (AvgIpc) is 2.49. The van der Waals surface area contributed by atoms with E-state index in [1.165, 1.54) is 32.4 Å². The number of piperidine rings is 1. The molecule has 1 fully saturated rings. The molecule has 1 saturated heterocycles. The van der Waals surface area contributed by atoms with Gasteiger partial charge >= 0.3 is 0 Å². The molecule has 0 saturated carbocycles. The van der Waals surface area contributed by atoms with Crippen molar-refractivity contribution in [2.24, 2.45) is 5.73 Å². The molecule has 0 radical (unpaired) electrons. The summed E-state index contributed by atoms with van der Waals surface area (Å²) in [6, 6.07) is 6.08. The van der Waals surface area contributed by atoms with E-state index in [2.05, 4.69) is 4.90 Å². The van der Waals surface area contributed by atoms with Gasteiger partial charge in [0.15, 0.2) is 0 Å². The number of rotatable bonds is 7. The average molecular weight is 292 g/mol. The van der Waals surface area contributed by atoms with Gasteiger partial charge in [-0.3, -0.25) is 4.90 Å². The van der Waals surface area contributed by atoms with E-state index in [0.29, 0.717) is 0 Å². The zero-order valence-electron chi connectivity index (χ0n) is 13.3. The zero-order chi connectivity index (χ0) is 15.1. The summed E-state index contributed by atoms with van der Waals surface area (Å²) in [6.45, 7) is 6.16. The van der Waals surface area contributed by atoms with Gasteiger partial charge in [-0.2, -0.15) is 0 Å². The second kappa shape index (κ2) is 8.25. The number of nitrogens with two attached hydrogens (primary N) is 1. The predicted molar refractivity (Wildman–Crippen MR) is 86.1 cm³/mol. The highest BCUT2D eigenvalue weighted by molar-refractivity contribution is 5.40. The summed E-state index contributed by atoms with van der Waals surface area (Å²) in [5, 5.41) is 0. The first-order valence-corrected chi connectivity index (χ1v) is 7.96. The van der Waals surface area contributed by atoms with Crippen molar-refractivity contribution in [3.8, 4) is 11.5 Å². The van der Waals surface area contributed by atoms with Gasteiger partial charge in [-0.1, -0.05) is 6.42 Å². The van der Waals surface area contributed by atoms with E-state index in [0.717, 1.165) is 36.6 Å². The van der Waals surface area contributed by atoms with Crippen molar-refractivity contribution in [3.05, 3.63) is 23.8 Å². The summed E-state index contributed by atoms with van der Waals surface area (Å²) in [4.78, 5) is 2.48. The Labute approximate surface area is 128 Å². The molecule has 2 rings (SSSR count).